The van der Waals surface area contributed by atoms with Crippen molar-refractivity contribution in [2.45, 2.75) is 58.3 Å². The predicted octanol–water partition coefficient (Wildman–Crippen LogP) is 0.590. The maximum atomic E-state index is 12.5. The molecule has 3 rings (SSSR count). The lowest BCUT2D eigenvalue weighted by atomic mass is 10.2. The Bertz CT molecular complexity index is 890. The summed E-state index contributed by atoms with van der Waals surface area (Å²) in [6, 6.07) is 0. The predicted molar refractivity (Wildman–Crippen MR) is 103 cm³/mol. The van der Waals surface area contributed by atoms with Gasteiger partial charge in [-0.05, 0) is 26.7 Å². The molecule has 1 aliphatic rings. The topological polar surface area (TPSA) is 105 Å². The third-order valence-electron chi connectivity index (χ3n) is 4.89. The highest BCUT2D eigenvalue weighted by Gasteiger charge is 2.24. The molecule has 27 heavy (non-hydrogen) atoms. The summed E-state index contributed by atoms with van der Waals surface area (Å²) in [6.45, 7) is 5.84. The van der Waals surface area contributed by atoms with Gasteiger partial charge in [0.2, 0.25) is 5.95 Å². The summed E-state index contributed by atoms with van der Waals surface area (Å²) in [4.78, 5) is 33.6. The molecular formula is C18H29N5O4. The second-order valence-corrected chi connectivity index (χ2v) is 7.45. The molecule has 1 saturated heterocycles. The second-order valence-electron chi connectivity index (χ2n) is 7.45. The van der Waals surface area contributed by atoms with Crippen LogP contribution in [0.5, 0.6) is 0 Å². The number of rotatable bonds is 6. The second kappa shape index (κ2) is 8.26. The van der Waals surface area contributed by atoms with E-state index in [1.807, 2.05) is 13.8 Å². The number of aromatic nitrogens is 4. The number of nitrogens with zero attached hydrogens (tertiary/aromatic N) is 4. The van der Waals surface area contributed by atoms with Gasteiger partial charge in [-0.3, -0.25) is 14.3 Å². The van der Waals surface area contributed by atoms with Crippen LogP contribution in [0.2, 0.25) is 0 Å². The first-order valence-electron chi connectivity index (χ1n) is 9.62. The first-order chi connectivity index (χ1) is 12.9. The molecule has 3 heterocycles. The first kappa shape index (κ1) is 19.6. The molecule has 9 nitrogen and oxygen atoms in total. The molecule has 2 aromatic heterocycles. The van der Waals surface area contributed by atoms with E-state index in [0.717, 1.165) is 25.9 Å². The monoisotopic (exact) mass is 379 g/mol. The Morgan fingerprint density at radius 2 is 1.85 bits per heavy atom. The highest BCUT2D eigenvalue weighted by atomic mass is 16.5. The molecule has 0 unspecified atom stereocenters. The minimum Gasteiger partial charge on any atom is -0.389 e. The Labute approximate surface area is 157 Å². The fraction of sp³-hybridized carbons (Fsp3) is 0.722. The number of ether oxygens (including phenoxy) is 1. The minimum atomic E-state index is -0.785. The number of nitrogens with one attached hydrogen (secondary N) is 1. The van der Waals surface area contributed by atoms with E-state index >= 15 is 0 Å². The van der Waals surface area contributed by atoms with Gasteiger partial charge in [-0.25, -0.2) is 4.79 Å². The zero-order valence-corrected chi connectivity index (χ0v) is 16.3. The largest absolute Gasteiger partial charge is 0.389 e. The van der Waals surface area contributed by atoms with E-state index < -0.39 is 17.4 Å². The lowest BCUT2D eigenvalue weighted by Gasteiger charge is -2.24. The molecule has 1 aliphatic heterocycles. The van der Waals surface area contributed by atoms with Crippen LogP contribution in [0, 0.1) is 0 Å². The maximum absolute atomic E-state index is 12.5. The Kier molecular flexibility index (Phi) is 6.01. The van der Waals surface area contributed by atoms with Crippen LogP contribution in [-0.4, -0.2) is 56.1 Å². The molecule has 0 bridgehead atoms. The summed E-state index contributed by atoms with van der Waals surface area (Å²) >= 11 is 0. The highest BCUT2D eigenvalue weighted by Crippen LogP contribution is 2.23. The average molecular weight is 379 g/mol. The number of hydrogen-bond acceptors (Lipinski definition) is 6. The van der Waals surface area contributed by atoms with Crippen LogP contribution in [0.3, 0.4) is 0 Å². The summed E-state index contributed by atoms with van der Waals surface area (Å²) in [5.41, 5.74) is -0.346. The minimum absolute atomic E-state index is 0.00785. The Hall–Kier alpha value is -2.13. The van der Waals surface area contributed by atoms with Gasteiger partial charge in [0.05, 0.1) is 25.4 Å². The molecule has 2 N–H and O–H groups in total. The lowest BCUT2D eigenvalue weighted by Crippen LogP contribution is -2.32. The van der Waals surface area contributed by atoms with Crippen LogP contribution in [0.15, 0.2) is 9.59 Å². The normalized spacial score (nSPS) is 16.9. The lowest BCUT2D eigenvalue weighted by molar-refractivity contribution is -0.000176. The van der Waals surface area contributed by atoms with Gasteiger partial charge in [0.15, 0.2) is 11.2 Å². The van der Waals surface area contributed by atoms with Crippen molar-refractivity contribution in [3.05, 3.63) is 20.8 Å². The molecule has 0 aliphatic carbocycles. The maximum Gasteiger partial charge on any atom is 0.329 e. The molecule has 9 heteroatoms. The summed E-state index contributed by atoms with van der Waals surface area (Å²) in [6.07, 6.45) is 3.66. The van der Waals surface area contributed by atoms with E-state index in [1.54, 1.807) is 11.6 Å². The van der Waals surface area contributed by atoms with Gasteiger partial charge in [0.1, 0.15) is 0 Å². The number of anilines is 1. The molecule has 0 spiro atoms. The first-order valence-corrected chi connectivity index (χ1v) is 9.62. The van der Waals surface area contributed by atoms with Crippen molar-refractivity contribution < 1.29 is 9.84 Å². The standard InChI is InChI=1S/C18H29N5O4/c1-12(2)27-11-13(24)10-23-14-15(21(3)18(26)20-16(14)25)19-17(23)22-8-6-4-5-7-9-22/h12-13,24H,4-11H2,1-3H3,(H,20,25,26)/t13-/m0/s1. The number of hydrogen-bond donors (Lipinski definition) is 2. The van der Waals surface area contributed by atoms with Crippen molar-refractivity contribution in [3.8, 4) is 0 Å². The van der Waals surface area contributed by atoms with Crippen molar-refractivity contribution in [2.24, 2.45) is 7.05 Å². The van der Waals surface area contributed by atoms with Crippen molar-refractivity contribution in [1.29, 1.82) is 0 Å². The summed E-state index contributed by atoms with van der Waals surface area (Å²) in [5.74, 6) is 0.627. The Morgan fingerprint density at radius 1 is 1.19 bits per heavy atom. The van der Waals surface area contributed by atoms with Crippen LogP contribution in [0.4, 0.5) is 5.95 Å². The van der Waals surface area contributed by atoms with Crippen molar-refractivity contribution >= 4 is 17.1 Å². The Balaban J connectivity index is 2.06. The zero-order chi connectivity index (χ0) is 19.6. The van der Waals surface area contributed by atoms with E-state index in [4.69, 9.17) is 4.74 Å². The van der Waals surface area contributed by atoms with Crippen LogP contribution >= 0.6 is 0 Å². The number of imidazole rings is 1. The number of H-pyrrole nitrogens is 1. The van der Waals surface area contributed by atoms with Crippen LogP contribution in [0.25, 0.3) is 11.2 Å². The van der Waals surface area contributed by atoms with Crippen molar-refractivity contribution in [1.82, 2.24) is 19.1 Å². The molecular weight excluding hydrogens is 350 g/mol. The van der Waals surface area contributed by atoms with Crippen LogP contribution in [-0.2, 0) is 18.3 Å². The SMILES string of the molecule is CC(C)OC[C@@H](O)Cn1c(N2CCCCCC2)nc2c1c(=O)[nH]c(=O)n2C. The van der Waals surface area contributed by atoms with Crippen LogP contribution < -0.4 is 16.1 Å². The summed E-state index contributed by atoms with van der Waals surface area (Å²) < 4.78 is 8.57. The van der Waals surface area contributed by atoms with E-state index in [9.17, 15) is 14.7 Å². The van der Waals surface area contributed by atoms with E-state index in [0.29, 0.717) is 17.1 Å². The number of aliphatic hydroxyl groups is 1. The molecule has 2 aromatic rings. The van der Waals surface area contributed by atoms with Gasteiger partial charge in [-0.15, -0.1) is 0 Å². The molecule has 150 valence electrons. The van der Waals surface area contributed by atoms with Gasteiger partial charge in [0.25, 0.3) is 5.56 Å². The van der Waals surface area contributed by atoms with E-state index in [1.165, 1.54) is 17.4 Å². The zero-order valence-electron chi connectivity index (χ0n) is 16.3. The van der Waals surface area contributed by atoms with Crippen molar-refractivity contribution in [2.75, 3.05) is 24.6 Å². The van der Waals surface area contributed by atoms with Gasteiger partial charge >= 0.3 is 5.69 Å². The number of fused-ring (bicyclic) bond motifs is 1. The fourth-order valence-corrected chi connectivity index (χ4v) is 3.48. The van der Waals surface area contributed by atoms with Gasteiger partial charge in [-0.2, -0.15) is 4.98 Å². The molecule has 0 saturated carbocycles. The summed E-state index contributed by atoms with van der Waals surface area (Å²) in [7, 11) is 1.59. The summed E-state index contributed by atoms with van der Waals surface area (Å²) in [5, 5.41) is 10.4. The third-order valence-corrected chi connectivity index (χ3v) is 4.89. The Morgan fingerprint density at radius 3 is 2.48 bits per heavy atom. The molecule has 1 fully saturated rings. The molecule has 0 amide bonds. The third kappa shape index (κ3) is 4.24. The smallest absolute Gasteiger partial charge is 0.329 e. The van der Waals surface area contributed by atoms with Gasteiger partial charge < -0.3 is 19.3 Å². The number of aryl methyl sites for hydroxylation is 1. The number of aromatic amines is 1. The van der Waals surface area contributed by atoms with Gasteiger partial charge in [-0.1, -0.05) is 12.8 Å². The molecule has 0 aromatic carbocycles. The van der Waals surface area contributed by atoms with Crippen molar-refractivity contribution in [3.63, 3.8) is 0 Å². The van der Waals surface area contributed by atoms with Crippen LogP contribution in [0.1, 0.15) is 39.5 Å². The molecule has 0 radical (unpaired) electrons. The average Bonchev–Trinajstić information content (AvgIpc) is 2.80. The number of aliphatic hydroxyl groups excluding tert-OH is 1. The van der Waals surface area contributed by atoms with Gasteiger partial charge in [0, 0.05) is 20.1 Å². The molecule has 1 atom stereocenters. The quantitative estimate of drug-likeness (QED) is 0.761. The van der Waals surface area contributed by atoms with E-state index in [2.05, 4.69) is 14.9 Å². The highest BCUT2D eigenvalue weighted by molar-refractivity contribution is 5.74. The fourth-order valence-electron chi connectivity index (χ4n) is 3.48. The van der Waals surface area contributed by atoms with E-state index in [-0.39, 0.29) is 19.3 Å².